The number of furan rings is 1. The maximum atomic E-state index is 9.70. The number of benzene rings is 7. The van der Waals surface area contributed by atoms with Crippen molar-refractivity contribution < 1.29 is 4.42 Å². The van der Waals surface area contributed by atoms with E-state index in [2.05, 4.69) is 121 Å². The monoisotopic (exact) mass is 706 g/mol. The molecule has 5 nitrogen and oxygen atoms in total. The van der Waals surface area contributed by atoms with Gasteiger partial charge >= 0.3 is 0 Å². The second-order valence-electron chi connectivity index (χ2n) is 15.0. The molecule has 0 bridgehead atoms. The highest BCUT2D eigenvalue weighted by Crippen LogP contribution is 2.56. The minimum absolute atomic E-state index is 0.0126. The van der Waals surface area contributed by atoms with Gasteiger partial charge in [0, 0.05) is 32.9 Å². The van der Waals surface area contributed by atoms with Crippen molar-refractivity contribution in [3.63, 3.8) is 0 Å². The molecule has 1 saturated carbocycles. The van der Waals surface area contributed by atoms with E-state index in [1.807, 2.05) is 30.3 Å². The Balaban J connectivity index is 1.00. The Morgan fingerprint density at radius 2 is 1.13 bits per heavy atom. The van der Waals surface area contributed by atoms with E-state index < -0.39 is 0 Å². The fourth-order valence-corrected chi connectivity index (χ4v) is 9.22. The molecule has 1 fully saturated rings. The van der Waals surface area contributed by atoms with Gasteiger partial charge < -0.3 is 4.42 Å². The van der Waals surface area contributed by atoms with E-state index >= 15 is 0 Å². The molecule has 55 heavy (non-hydrogen) atoms. The molecule has 11 rings (SSSR count). The molecule has 2 aliphatic rings. The average Bonchev–Trinajstić information content (AvgIpc) is 3.75. The molecule has 2 aromatic heterocycles. The molecule has 0 atom stereocenters. The van der Waals surface area contributed by atoms with Crippen LogP contribution in [0.2, 0.25) is 0 Å². The lowest BCUT2D eigenvalue weighted by Crippen LogP contribution is -2.28. The molecular formula is C50H34N4O. The van der Waals surface area contributed by atoms with Gasteiger partial charge in [-0.2, -0.15) is 5.26 Å². The predicted octanol–water partition coefficient (Wildman–Crippen LogP) is 12.7. The number of nitrogens with zero attached hydrogens (tertiary/aromatic N) is 4. The lowest BCUT2D eigenvalue weighted by Gasteiger charge is -2.36. The van der Waals surface area contributed by atoms with Crippen LogP contribution in [-0.4, -0.2) is 15.0 Å². The first-order valence-corrected chi connectivity index (χ1v) is 19.1. The van der Waals surface area contributed by atoms with Gasteiger partial charge in [0.1, 0.15) is 11.2 Å². The number of hydrogen-bond acceptors (Lipinski definition) is 5. The largest absolute Gasteiger partial charge is 0.456 e. The van der Waals surface area contributed by atoms with Crippen LogP contribution in [0, 0.1) is 11.3 Å². The lowest BCUT2D eigenvalue weighted by atomic mass is 9.67. The Labute approximate surface area is 318 Å². The van der Waals surface area contributed by atoms with E-state index in [0.717, 1.165) is 68.0 Å². The van der Waals surface area contributed by atoms with Crippen LogP contribution in [0.5, 0.6) is 0 Å². The standard InChI is InChI=1S/C50H34N4O/c51-30-31-12-23-43-42(26-31)39-21-19-36(28-44(39)50(43)24-6-1-7-25-50)33-13-16-34(17-14-33)47-52-48(37-18-15-32-8-2-3-9-35(32)27-37)54-49(53-47)38-20-22-41-40-10-4-5-11-45(40)55-46(41)29-38/h2-5,8-23,26-29H,1,6-7,24-25H2. The molecule has 9 aromatic rings. The topological polar surface area (TPSA) is 75.6 Å². The molecule has 0 amide bonds. The minimum Gasteiger partial charge on any atom is -0.456 e. The van der Waals surface area contributed by atoms with Crippen LogP contribution in [0.1, 0.15) is 48.8 Å². The van der Waals surface area contributed by atoms with E-state index in [0.29, 0.717) is 17.5 Å². The van der Waals surface area contributed by atoms with Crippen molar-refractivity contribution in [1.29, 1.82) is 5.26 Å². The van der Waals surface area contributed by atoms with Crippen molar-refractivity contribution in [1.82, 2.24) is 15.0 Å². The van der Waals surface area contributed by atoms with Crippen molar-refractivity contribution in [3.05, 3.63) is 162 Å². The lowest BCUT2D eigenvalue weighted by molar-refractivity contribution is 0.353. The van der Waals surface area contributed by atoms with Crippen molar-refractivity contribution in [3.8, 4) is 62.5 Å². The molecular weight excluding hydrogens is 673 g/mol. The molecule has 0 unspecified atom stereocenters. The highest BCUT2D eigenvalue weighted by Gasteiger charge is 2.43. The van der Waals surface area contributed by atoms with Crippen LogP contribution >= 0.6 is 0 Å². The van der Waals surface area contributed by atoms with Gasteiger partial charge in [-0.3, -0.25) is 0 Å². The first kappa shape index (κ1) is 31.6. The van der Waals surface area contributed by atoms with Crippen LogP contribution in [0.15, 0.2) is 150 Å². The third kappa shape index (κ3) is 5.10. The summed E-state index contributed by atoms with van der Waals surface area (Å²) in [4.78, 5) is 15.2. The summed E-state index contributed by atoms with van der Waals surface area (Å²) in [6.07, 6.45) is 6.01. The molecule has 7 aromatic carbocycles. The highest BCUT2D eigenvalue weighted by molar-refractivity contribution is 6.05. The summed E-state index contributed by atoms with van der Waals surface area (Å²) >= 11 is 0. The molecule has 1 spiro atoms. The zero-order chi connectivity index (χ0) is 36.5. The van der Waals surface area contributed by atoms with Gasteiger partial charge in [-0.25, -0.2) is 15.0 Å². The second kappa shape index (κ2) is 12.3. The van der Waals surface area contributed by atoms with Gasteiger partial charge in [0.2, 0.25) is 0 Å². The third-order valence-corrected chi connectivity index (χ3v) is 12.0. The molecule has 2 aliphatic carbocycles. The Kier molecular flexibility index (Phi) is 7.09. The Morgan fingerprint density at radius 3 is 1.95 bits per heavy atom. The minimum atomic E-state index is 0.0126. The van der Waals surface area contributed by atoms with Gasteiger partial charge in [-0.05, 0) is 99.5 Å². The Hall–Kier alpha value is -6.90. The predicted molar refractivity (Wildman–Crippen MR) is 220 cm³/mol. The molecule has 0 radical (unpaired) electrons. The summed E-state index contributed by atoms with van der Waals surface area (Å²) in [7, 11) is 0. The normalized spacial score (nSPS) is 14.3. The maximum Gasteiger partial charge on any atom is 0.164 e. The van der Waals surface area contributed by atoms with Gasteiger partial charge in [0.15, 0.2) is 17.5 Å². The van der Waals surface area contributed by atoms with Crippen molar-refractivity contribution in [2.24, 2.45) is 0 Å². The molecule has 0 aliphatic heterocycles. The van der Waals surface area contributed by atoms with E-state index in [1.54, 1.807) is 0 Å². The van der Waals surface area contributed by atoms with Gasteiger partial charge in [0.05, 0.1) is 11.6 Å². The summed E-state index contributed by atoms with van der Waals surface area (Å²) < 4.78 is 6.26. The van der Waals surface area contributed by atoms with Crippen molar-refractivity contribution in [2.45, 2.75) is 37.5 Å². The zero-order valence-electron chi connectivity index (χ0n) is 30.1. The number of nitriles is 1. The van der Waals surface area contributed by atoms with Crippen LogP contribution in [0.4, 0.5) is 0 Å². The number of aromatic nitrogens is 3. The van der Waals surface area contributed by atoms with E-state index in [4.69, 9.17) is 19.4 Å². The van der Waals surface area contributed by atoms with Gasteiger partial charge in [-0.15, -0.1) is 0 Å². The second-order valence-corrected chi connectivity index (χ2v) is 15.0. The number of hydrogen-bond donors (Lipinski definition) is 0. The molecule has 2 heterocycles. The Bertz CT molecular complexity index is 3040. The van der Waals surface area contributed by atoms with Crippen LogP contribution in [0.3, 0.4) is 0 Å². The van der Waals surface area contributed by atoms with Crippen LogP contribution < -0.4 is 0 Å². The SMILES string of the molecule is N#Cc1ccc2c(c1)-c1ccc(-c3ccc(-c4nc(-c5ccc6ccccc6c5)nc(-c5ccc6c(c5)oc5ccccc56)n4)cc3)cc1C21CCCCC1. The van der Waals surface area contributed by atoms with Crippen molar-refractivity contribution >= 4 is 32.7 Å². The van der Waals surface area contributed by atoms with Crippen molar-refractivity contribution in [2.75, 3.05) is 0 Å². The smallest absolute Gasteiger partial charge is 0.164 e. The van der Waals surface area contributed by atoms with Gasteiger partial charge in [0.25, 0.3) is 0 Å². The average molecular weight is 707 g/mol. The van der Waals surface area contributed by atoms with Crippen LogP contribution in [0.25, 0.3) is 89.1 Å². The van der Waals surface area contributed by atoms with Crippen LogP contribution in [-0.2, 0) is 5.41 Å². The molecule has 260 valence electrons. The highest BCUT2D eigenvalue weighted by atomic mass is 16.3. The molecule has 0 N–H and O–H groups in total. The Morgan fingerprint density at radius 1 is 0.473 bits per heavy atom. The summed E-state index contributed by atoms with van der Waals surface area (Å²) in [5, 5.41) is 14.2. The first-order chi connectivity index (χ1) is 27.1. The summed E-state index contributed by atoms with van der Waals surface area (Å²) in [5.74, 6) is 1.83. The van der Waals surface area contributed by atoms with Gasteiger partial charge in [-0.1, -0.05) is 122 Å². The number of rotatable bonds is 4. The van der Waals surface area contributed by atoms with E-state index in [9.17, 15) is 5.26 Å². The van der Waals surface area contributed by atoms with E-state index in [-0.39, 0.29) is 5.41 Å². The number of fused-ring (bicyclic) bond motifs is 9. The molecule has 5 heteroatoms. The number of para-hydroxylation sites is 1. The maximum absolute atomic E-state index is 9.70. The summed E-state index contributed by atoms with van der Waals surface area (Å²) in [5.41, 5.74) is 12.7. The fourth-order valence-electron chi connectivity index (χ4n) is 9.22. The summed E-state index contributed by atoms with van der Waals surface area (Å²) in [6.45, 7) is 0. The molecule has 0 saturated heterocycles. The van der Waals surface area contributed by atoms with E-state index in [1.165, 1.54) is 52.5 Å². The third-order valence-electron chi connectivity index (χ3n) is 12.0. The fraction of sp³-hybridized carbons (Fsp3) is 0.120. The summed E-state index contributed by atoms with van der Waals surface area (Å²) in [6, 6.07) is 53.2. The zero-order valence-corrected chi connectivity index (χ0v) is 30.1. The quantitative estimate of drug-likeness (QED) is 0.182. The first-order valence-electron chi connectivity index (χ1n) is 19.1.